The molecule has 6 nitrogen and oxygen atoms in total. The number of aromatic nitrogens is 2. The van der Waals surface area contributed by atoms with Crippen molar-refractivity contribution in [2.45, 2.75) is 0 Å². The second-order valence-corrected chi connectivity index (χ2v) is 5.98. The molecule has 2 aromatic carbocycles. The van der Waals surface area contributed by atoms with Crippen LogP contribution in [0.5, 0.6) is 0 Å². The fraction of sp³-hybridized carbons (Fsp3) is 0. The molecule has 0 saturated heterocycles. The Balaban J connectivity index is 1.70. The number of para-hydroxylation sites is 1. The van der Waals surface area contributed by atoms with Crippen molar-refractivity contribution in [3.63, 3.8) is 0 Å². The number of hydrogen-bond donors (Lipinski definition) is 2. The third kappa shape index (κ3) is 4.09. The standard InChI is InChI=1S/C18H11Cl2N5O/c19-13-6-5-11(9-14(13)20)18(26)23-17-8-7-16(24-25-17)22-15-4-2-1-3-12(15)10-21/h1-9H,(H,22,24)(H,23,25,26). The molecule has 0 atom stereocenters. The van der Waals surface area contributed by atoms with Crippen LogP contribution >= 0.6 is 23.2 Å². The van der Waals surface area contributed by atoms with E-state index in [0.29, 0.717) is 32.7 Å². The highest BCUT2D eigenvalue weighted by Crippen LogP contribution is 2.23. The summed E-state index contributed by atoms with van der Waals surface area (Å²) >= 11 is 11.8. The van der Waals surface area contributed by atoms with E-state index in [9.17, 15) is 4.79 Å². The van der Waals surface area contributed by atoms with Gasteiger partial charge >= 0.3 is 0 Å². The van der Waals surface area contributed by atoms with Crippen LogP contribution in [0.3, 0.4) is 0 Å². The Labute approximate surface area is 159 Å². The smallest absolute Gasteiger partial charge is 0.256 e. The van der Waals surface area contributed by atoms with Crippen LogP contribution in [0.1, 0.15) is 15.9 Å². The van der Waals surface area contributed by atoms with Gasteiger partial charge in [0.15, 0.2) is 11.6 Å². The highest BCUT2D eigenvalue weighted by Gasteiger charge is 2.10. The van der Waals surface area contributed by atoms with Gasteiger partial charge in [0.25, 0.3) is 5.91 Å². The molecule has 3 rings (SSSR count). The Morgan fingerprint density at radius 3 is 2.38 bits per heavy atom. The van der Waals surface area contributed by atoms with Gasteiger partial charge in [-0.1, -0.05) is 35.3 Å². The number of nitrogens with zero attached hydrogens (tertiary/aromatic N) is 3. The van der Waals surface area contributed by atoms with Crippen LogP contribution in [-0.2, 0) is 0 Å². The molecule has 1 heterocycles. The lowest BCUT2D eigenvalue weighted by Gasteiger charge is -2.08. The Kier molecular flexibility index (Phi) is 5.32. The third-order valence-corrected chi connectivity index (χ3v) is 4.14. The molecular weight excluding hydrogens is 373 g/mol. The summed E-state index contributed by atoms with van der Waals surface area (Å²) in [5.41, 5.74) is 1.47. The molecule has 0 unspecified atom stereocenters. The zero-order valence-electron chi connectivity index (χ0n) is 13.2. The largest absolute Gasteiger partial charge is 0.338 e. The molecule has 26 heavy (non-hydrogen) atoms. The van der Waals surface area contributed by atoms with Crippen LogP contribution in [0.15, 0.2) is 54.6 Å². The van der Waals surface area contributed by atoms with Gasteiger partial charge in [-0.2, -0.15) is 5.26 Å². The van der Waals surface area contributed by atoms with Gasteiger partial charge in [-0.3, -0.25) is 4.79 Å². The molecule has 1 amide bonds. The molecule has 8 heteroatoms. The zero-order chi connectivity index (χ0) is 18.5. The van der Waals surface area contributed by atoms with E-state index in [-0.39, 0.29) is 11.7 Å². The first-order valence-electron chi connectivity index (χ1n) is 7.43. The second kappa shape index (κ2) is 7.83. The van der Waals surface area contributed by atoms with Crippen molar-refractivity contribution in [2.75, 3.05) is 10.6 Å². The van der Waals surface area contributed by atoms with E-state index < -0.39 is 0 Å². The lowest BCUT2D eigenvalue weighted by molar-refractivity contribution is 0.102. The molecule has 0 saturated carbocycles. The summed E-state index contributed by atoms with van der Waals surface area (Å²) in [6, 6.07) is 17.0. The molecular formula is C18H11Cl2N5O. The lowest BCUT2D eigenvalue weighted by atomic mass is 10.2. The maximum Gasteiger partial charge on any atom is 0.256 e. The molecule has 0 aliphatic carbocycles. The van der Waals surface area contributed by atoms with Gasteiger partial charge in [0, 0.05) is 5.56 Å². The first kappa shape index (κ1) is 17.7. The van der Waals surface area contributed by atoms with E-state index in [2.05, 4.69) is 26.9 Å². The quantitative estimate of drug-likeness (QED) is 0.683. The highest BCUT2D eigenvalue weighted by atomic mass is 35.5. The first-order valence-corrected chi connectivity index (χ1v) is 8.18. The molecule has 128 valence electrons. The number of amides is 1. The monoisotopic (exact) mass is 383 g/mol. The number of carbonyl (C=O) groups is 1. The predicted molar refractivity (Wildman–Crippen MR) is 101 cm³/mol. The van der Waals surface area contributed by atoms with Crippen molar-refractivity contribution in [3.05, 3.63) is 75.8 Å². The van der Waals surface area contributed by atoms with E-state index in [1.165, 1.54) is 6.07 Å². The summed E-state index contributed by atoms with van der Waals surface area (Å²) in [7, 11) is 0. The highest BCUT2D eigenvalue weighted by molar-refractivity contribution is 6.42. The van der Waals surface area contributed by atoms with Crippen LogP contribution in [0, 0.1) is 11.3 Å². The molecule has 0 spiro atoms. The van der Waals surface area contributed by atoms with Crippen molar-refractivity contribution in [3.8, 4) is 6.07 Å². The fourth-order valence-corrected chi connectivity index (χ4v) is 2.42. The summed E-state index contributed by atoms with van der Waals surface area (Å²) in [6.07, 6.45) is 0. The number of anilines is 3. The van der Waals surface area contributed by atoms with Crippen LogP contribution in [0.4, 0.5) is 17.3 Å². The maximum absolute atomic E-state index is 12.2. The number of nitrogens with one attached hydrogen (secondary N) is 2. The van der Waals surface area contributed by atoms with Crippen molar-refractivity contribution in [2.24, 2.45) is 0 Å². The van der Waals surface area contributed by atoms with E-state index in [1.807, 2.05) is 6.07 Å². The average Bonchev–Trinajstić information content (AvgIpc) is 2.66. The summed E-state index contributed by atoms with van der Waals surface area (Å²) in [5.74, 6) is 0.342. The Morgan fingerprint density at radius 1 is 0.962 bits per heavy atom. The van der Waals surface area contributed by atoms with Gasteiger partial charge in [0.2, 0.25) is 0 Å². The Bertz CT molecular complexity index is 999. The summed E-state index contributed by atoms with van der Waals surface area (Å²) < 4.78 is 0. The summed E-state index contributed by atoms with van der Waals surface area (Å²) in [5, 5.41) is 23.3. The van der Waals surface area contributed by atoms with Crippen LogP contribution in [-0.4, -0.2) is 16.1 Å². The van der Waals surface area contributed by atoms with Crippen molar-refractivity contribution < 1.29 is 4.79 Å². The number of benzene rings is 2. The van der Waals surface area contributed by atoms with E-state index in [1.54, 1.807) is 42.5 Å². The fourth-order valence-electron chi connectivity index (χ4n) is 2.12. The molecule has 3 aromatic rings. The number of halogens is 2. The van der Waals surface area contributed by atoms with Crippen molar-refractivity contribution in [1.82, 2.24) is 10.2 Å². The Morgan fingerprint density at radius 2 is 1.69 bits per heavy atom. The number of hydrogen-bond acceptors (Lipinski definition) is 5. The number of nitriles is 1. The third-order valence-electron chi connectivity index (χ3n) is 3.40. The molecule has 0 radical (unpaired) electrons. The molecule has 0 aliphatic heterocycles. The first-order chi connectivity index (χ1) is 12.6. The van der Waals surface area contributed by atoms with E-state index >= 15 is 0 Å². The number of carbonyl (C=O) groups excluding carboxylic acids is 1. The van der Waals surface area contributed by atoms with Gasteiger partial charge in [-0.15, -0.1) is 10.2 Å². The van der Waals surface area contributed by atoms with Gasteiger partial charge in [0.1, 0.15) is 6.07 Å². The van der Waals surface area contributed by atoms with E-state index in [4.69, 9.17) is 28.5 Å². The summed E-state index contributed by atoms with van der Waals surface area (Å²) in [4.78, 5) is 12.2. The minimum Gasteiger partial charge on any atom is -0.338 e. The lowest BCUT2D eigenvalue weighted by Crippen LogP contribution is -2.13. The second-order valence-electron chi connectivity index (χ2n) is 5.17. The SMILES string of the molecule is N#Cc1ccccc1Nc1ccc(NC(=O)c2ccc(Cl)c(Cl)c2)nn1. The molecule has 1 aromatic heterocycles. The number of rotatable bonds is 4. The molecule has 0 fully saturated rings. The Hall–Kier alpha value is -3.14. The zero-order valence-corrected chi connectivity index (χ0v) is 14.7. The van der Waals surface area contributed by atoms with Gasteiger partial charge in [0.05, 0.1) is 21.3 Å². The van der Waals surface area contributed by atoms with Crippen LogP contribution in [0.2, 0.25) is 10.0 Å². The minimum atomic E-state index is -0.381. The van der Waals surface area contributed by atoms with Crippen molar-refractivity contribution in [1.29, 1.82) is 5.26 Å². The predicted octanol–water partition coefficient (Wildman–Crippen LogP) is 4.65. The maximum atomic E-state index is 12.2. The molecule has 0 bridgehead atoms. The van der Waals surface area contributed by atoms with Crippen molar-refractivity contribution >= 4 is 46.4 Å². The van der Waals surface area contributed by atoms with E-state index in [0.717, 1.165) is 0 Å². The van der Waals surface area contributed by atoms with Gasteiger partial charge in [-0.05, 0) is 42.5 Å². The van der Waals surface area contributed by atoms with Crippen LogP contribution in [0.25, 0.3) is 0 Å². The summed E-state index contributed by atoms with van der Waals surface area (Å²) in [6.45, 7) is 0. The van der Waals surface area contributed by atoms with Gasteiger partial charge < -0.3 is 10.6 Å². The van der Waals surface area contributed by atoms with Crippen LogP contribution < -0.4 is 10.6 Å². The van der Waals surface area contributed by atoms with Gasteiger partial charge in [-0.25, -0.2) is 0 Å². The normalized spacial score (nSPS) is 10.0. The molecule has 2 N–H and O–H groups in total. The molecule has 0 aliphatic rings. The minimum absolute atomic E-state index is 0.278. The topological polar surface area (TPSA) is 90.7 Å². The average molecular weight is 384 g/mol.